The number of unbranched alkanes of at least 4 members (excludes halogenated alkanes) is 2. The molecule has 222 valence electrons. The van der Waals surface area contributed by atoms with E-state index in [2.05, 4.69) is 20.6 Å². The molecule has 0 aliphatic rings. The van der Waals surface area contributed by atoms with Gasteiger partial charge in [-0.2, -0.15) is 0 Å². The summed E-state index contributed by atoms with van der Waals surface area (Å²) in [5.41, 5.74) is 22.5. The predicted molar refractivity (Wildman–Crippen MR) is 166 cm³/mol. The van der Waals surface area contributed by atoms with Gasteiger partial charge in [0.05, 0.1) is 0 Å². The van der Waals surface area contributed by atoms with Gasteiger partial charge in [-0.05, 0) is 86.3 Å². The molecule has 2 amide bonds. The van der Waals surface area contributed by atoms with Gasteiger partial charge < -0.3 is 43.0 Å². The zero-order valence-corrected chi connectivity index (χ0v) is 23.4. The Morgan fingerprint density at radius 1 is 0.571 bits per heavy atom. The third kappa shape index (κ3) is 12.3. The van der Waals surface area contributed by atoms with E-state index in [4.69, 9.17) is 32.4 Å². The number of carbonyl (C=O) groups is 2. The maximum Gasteiger partial charge on any atom is 0.224 e. The van der Waals surface area contributed by atoms with E-state index in [0.29, 0.717) is 73.1 Å². The number of aliphatic imine (C=N–C) groups is 2. The molecule has 0 fully saturated rings. The van der Waals surface area contributed by atoms with Crippen LogP contribution < -0.4 is 43.0 Å². The summed E-state index contributed by atoms with van der Waals surface area (Å²) in [4.78, 5) is 32.1. The van der Waals surface area contributed by atoms with Crippen molar-refractivity contribution in [1.82, 2.24) is 0 Å². The average Bonchev–Trinajstić information content (AvgIpc) is 2.95. The lowest BCUT2D eigenvalue weighted by molar-refractivity contribution is -0.117. The van der Waals surface area contributed by atoms with Crippen LogP contribution in [0.3, 0.4) is 0 Å². The van der Waals surface area contributed by atoms with Crippen LogP contribution in [-0.2, 0) is 9.59 Å². The summed E-state index contributed by atoms with van der Waals surface area (Å²) >= 11 is 0. The van der Waals surface area contributed by atoms with Crippen molar-refractivity contribution in [3.8, 4) is 23.0 Å². The molecule has 0 saturated heterocycles. The molecule has 0 bridgehead atoms. The van der Waals surface area contributed by atoms with Crippen molar-refractivity contribution in [2.75, 3.05) is 23.7 Å². The first-order valence-corrected chi connectivity index (χ1v) is 13.6. The summed E-state index contributed by atoms with van der Waals surface area (Å²) in [6, 6.07) is 21.5. The lowest BCUT2D eigenvalue weighted by Gasteiger charge is -2.11. The van der Waals surface area contributed by atoms with Gasteiger partial charge in [0.1, 0.15) is 23.0 Å². The quantitative estimate of drug-likeness (QED) is 0.0834. The molecule has 3 aromatic carbocycles. The Morgan fingerprint density at radius 3 is 1.36 bits per heavy atom. The number of nitrogens with one attached hydrogen (secondary N) is 2. The highest BCUT2D eigenvalue weighted by Crippen LogP contribution is 2.29. The van der Waals surface area contributed by atoms with Crippen LogP contribution in [0.4, 0.5) is 11.4 Å². The maximum absolute atomic E-state index is 12.1. The van der Waals surface area contributed by atoms with Crippen molar-refractivity contribution in [3.63, 3.8) is 0 Å². The molecule has 0 heterocycles. The summed E-state index contributed by atoms with van der Waals surface area (Å²) in [6.07, 6.45) is 3.60. The molecule has 10 N–H and O–H groups in total. The number of nitrogens with two attached hydrogens (primary N) is 4. The summed E-state index contributed by atoms with van der Waals surface area (Å²) < 4.78 is 11.9. The van der Waals surface area contributed by atoms with Gasteiger partial charge in [0, 0.05) is 43.4 Å². The van der Waals surface area contributed by atoms with Gasteiger partial charge in [0.2, 0.25) is 11.8 Å². The van der Waals surface area contributed by atoms with Crippen molar-refractivity contribution >= 4 is 35.1 Å². The molecule has 0 aliphatic heterocycles. The van der Waals surface area contributed by atoms with Gasteiger partial charge in [-0.15, -0.1) is 0 Å². The Kier molecular flexibility index (Phi) is 12.5. The third-order valence-corrected chi connectivity index (χ3v) is 5.77. The molecule has 0 aromatic heterocycles. The molecule has 0 saturated carbocycles. The molecule has 3 rings (SSSR count). The predicted octanol–water partition coefficient (Wildman–Crippen LogP) is 4.04. The van der Waals surface area contributed by atoms with Crippen molar-refractivity contribution < 1.29 is 19.1 Å². The standard InChI is InChI=1S/C30H38N8O4/c31-29(32)35-18-3-1-8-27(39)37-21-10-14-23(15-11-21)41-25-6-5-7-26(20-25)42-24-16-12-22(13-17-24)38-28(40)9-2-4-19-36-30(33)34/h5-7,10-17,20H,1-4,8-9,18-19H2,(H,37,39)(H,38,40)(H4,31,32,35)(H4,33,34,36). The topological polar surface area (TPSA) is 205 Å². The third-order valence-electron chi connectivity index (χ3n) is 5.77. The first-order valence-electron chi connectivity index (χ1n) is 13.6. The maximum atomic E-state index is 12.1. The molecular weight excluding hydrogens is 536 g/mol. The van der Waals surface area contributed by atoms with Crippen LogP contribution in [0.5, 0.6) is 23.0 Å². The van der Waals surface area contributed by atoms with Crippen LogP contribution in [0, 0.1) is 0 Å². The first kappa shape index (κ1) is 31.3. The van der Waals surface area contributed by atoms with Gasteiger partial charge >= 0.3 is 0 Å². The number of ether oxygens (including phenoxy) is 2. The van der Waals surface area contributed by atoms with Crippen molar-refractivity contribution in [2.45, 2.75) is 38.5 Å². The minimum Gasteiger partial charge on any atom is -0.457 e. The van der Waals surface area contributed by atoms with Crippen LogP contribution in [0.15, 0.2) is 82.8 Å². The smallest absolute Gasteiger partial charge is 0.224 e. The monoisotopic (exact) mass is 574 g/mol. The second-order valence-electron chi connectivity index (χ2n) is 9.35. The molecule has 0 spiro atoms. The van der Waals surface area contributed by atoms with E-state index >= 15 is 0 Å². The van der Waals surface area contributed by atoms with Gasteiger partial charge in [-0.1, -0.05) is 6.07 Å². The zero-order valence-electron chi connectivity index (χ0n) is 23.4. The molecule has 3 aromatic rings. The number of amides is 2. The largest absolute Gasteiger partial charge is 0.457 e. The number of hydrogen-bond acceptors (Lipinski definition) is 6. The molecular formula is C30H38N8O4. The van der Waals surface area contributed by atoms with Crippen molar-refractivity contribution in [2.24, 2.45) is 32.9 Å². The van der Waals surface area contributed by atoms with Gasteiger partial charge in [0.25, 0.3) is 0 Å². The molecule has 0 atom stereocenters. The number of anilines is 2. The Labute approximate surface area is 245 Å². The van der Waals surface area contributed by atoms with E-state index in [-0.39, 0.29) is 23.7 Å². The first-order chi connectivity index (χ1) is 20.3. The number of benzene rings is 3. The van der Waals surface area contributed by atoms with E-state index in [1.807, 2.05) is 18.2 Å². The van der Waals surface area contributed by atoms with E-state index < -0.39 is 0 Å². The number of hydrogen-bond donors (Lipinski definition) is 6. The van der Waals surface area contributed by atoms with Crippen molar-refractivity contribution in [3.05, 3.63) is 72.8 Å². The number of nitrogens with zero attached hydrogens (tertiary/aromatic N) is 2. The molecule has 12 heteroatoms. The van der Waals surface area contributed by atoms with E-state index in [0.717, 1.165) is 12.8 Å². The molecule has 0 unspecified atom stereocenters. The lowest BCUT2D eigenvalue weighted by Crippen LogP contribution is -2.23. The molecule has 12 nitrogen and oxygen atoms in total. The van der Waals surface area contributed by atoms with E-state index in [1.165, 1.54) is 0 Å². The summed E-state index contributed by atoms with van der Waals surface area (Å²) in [5.74, 6) is 2.36. The highest BCUT2D eigenvalue weighted by Gasteiger charge is 2.06. The van der Waals surface area contributed by atoms with E-state index in [9.17, 15) is 9.59 Å². The molecule has 0 aliphatic carbocycles. The van der Waals surface area contributed by atoms with Gasteiger partial charge in [-0.3, -0.25) is 19.6 Å². The fourth-order valence-electron chi connectivity index (χ4n) is 3.74. The van der Waals surface area contributed by atoms with Crippen molar-refractivity contribution in [1.29, 1.82) is 0 Å². The minimum absolute atomic E-state index is 0.0554. The number of carbonyl (C=O) groups excluding carboxylic acids is 2. The summed E-state index contributed by atoms with van der Waals surface area (Å²) in [5, 5.41) is 5.73. The Hall–Kier alpha value is -5.26. The van der Waals surface area contributed by atoms with Crippen LogP contribution in [0.2, 0.25) is 0 Å². The summed E-state index contributed by atoms with van der Waals surface area (Å²) in [7, 11) is 0. The molecule has 0 radical (unpaired) electrons. The Morgan fingerprint density at radius 2 is 0.976 bits per heavy atom. The van der Waals surface area contributed by atoms with Crippen LogP contribution >= 0.6 is 0 Å². The Balaban J connectivity index is 1.43. The average molecular weight is 575 g/mol. The lowest BCUT2D eigenvalue weighted by atomic mass is 10.2. The highest BCUT2D eigenvalue weighted by atomic mass is 16.5. The second kappa shape index (κ2) is 16.8. The molecule has 42 heavy (non-hydrogen) atoms. The normalized spacial score (nSPS) is 10.3. The summed E-state index contributed by atoms with van der Waals surface area (Å²) in [6.45, 7) is 1.01. The Bertz CT molecular complexity index is 1250. The number of guanidine groups is 2. The van der Waals surface area contributed by atoms with Crippen LogP contribution in [-0.4, -0.2) is 36.8 Å². The number of rotatable bonds is 16. The second-order valence-corrected chi connectivity index (χ2v) is 9.35. The SMILES string of the molecule is NC(N)=NCCCCC(=O)Nc1ccc(Oc2cccc(Oc3ccc(NC(=O)CCCCN=C(N)N)cc3)c2)cc1. The van der Waals surface area contributed by atoms with Crippen LogP contribution in [0.1, 0.15) is 38.5 Å². The van der Waals surface area contributed by atoms with E-state index in [1.54, 1.807) is 54.6 Å². The fraction of sp³-hybridized carbons (Fsp3) is 0.267. The minimum atomic E-state index is -0.0791. The fourth-order valence-corrected chi connectivity index (χ4v) is 3.74. The zero-order chi connectivity index (χ0) is 30.2. The van der Waals surface area contributed by atoms with Gasteiger partial charge in [0.15, 0.2) is 11.9 Å². The van der Waals surface area contributed by atoms with Crippen LogP contribution in [0.25, 0.3) is 0 Å². The highest BCUT2D eigenvalue weighted by molar-refractivity contribution is 5.91. The van der Waals surface area contributed by atoms with Gasteiger partial charge in [-0.25, -0.2) is 0 Å².